The minimum atomic E-state index is -2.67. The number of halogens is 2. The lowest BCUT2D eigenvalue weighted by Crippen LogP contribution is -2.49. The van der Waals surface area contributed by atoms with Crippen molar-refractivity contribution in [2.45, 2.75) is 51.6 Å². The standard InChI is InChI=1S/C16H19F2N5O/c1-15(2)3-4-16(17,18)6-12(15)20-9-11-5-13(24)23-14(22-11)10(7-19)8-21-23/h5,8,12,20-21H,3-4,6,9H2,1-2H3. The van der Waals surface area contributed by atoms with Gasteiger partial charge >= 0.3 is 0 Å². The summed E-state index contributed by atoms with van der Waals surface area (Å²) in [6, 6.07) is 2.93. The third-order valence-corrected chi connectivity index (χ3v) is 4.78. The van der Waals surface area contributed by atoms with Gasteiger partial charge in [0.1, 0.15) is 11.6 Å². The van der Waals surface area contributed by atoms with Crippen LogP contribution in [0.2, 0.25) is 0 Å². The molecule has 0 saturated heterocycles. The van der Waals surface area contributed by atoms with E-state index in [0.29, 0.717) is 12.1 Å². The number of fused-ring (bicyclic) bond motifs is 1. The number of H-pyrrole nitrogens is 1. The molecular formula is C16H19F2N5O. The summed E-state index contributed by atoms with van der Waals surface area (Å²) in [5.41, 5.74) is 0.341. The van der Waals surface area contributed by atoms with Crippen molar-refractivity contribution in [2.75, 3.05) is 0 Å². The molecule has 0 bridgehead atoms. The number of aromatic amines is 1. The summed E-state index contributed by atoms with van der Waals surface area (Å²) in [6.45, 7) is 4.13. The van der Waals surface area contributed by atoms with Crippen LogP contribution in [0.5, 0.6) is 0 Å². The monoisotopic (exact) mass is 335 g/mol. The number of nitriles is 1. The fourth-order valence-electron chi connectivity index (χ4n) is 3.13. The molecule has 128 valence electrons. The first kappa shape index (κ1) is 16.6. The highest BCUT2D eigenvalue weighted by atomic mass is 19.3. The van der Waals surface area contributed by atoms with E-state index in [0.717, 1.165) is 0 Å². The molecular weight excluding hydrogens is 316 g/mol. The minimum absolute atomic E-state index is 0.0986. The Hall–Kier alpha value is -2.27. The maximum absolute atomic E-state index is 13.7. The summed E-state index contributed by atoms with van der Waals surface area (Å²) in [5.74, 6) is -2.67. The molecule has 0 aromatic carbocycles. The molecule has 2 aromatic rings. The second-order valence-electron chi connectivity index (χ2n) is 7.03. The van der Waals surface area contributed by atoms with Crippen LogP contribution in [0.15, 0.2) is 17.1 Å². The maximum atomic E-state index is 13.7. The lowest BCUT2D eigenvalue weighted by atomic mass is 9.72. The van der Waals surface area contributed by atoms with Gasteiger partial charge in [-0.25, -0.2) is 18.3 Å². The van der Waals surface area contributed by atoms with Crippen LogP contribution in [0.3, 0.4) is 0 Å². The van der Waals surface area contributed by atoms with E-state index in [2.05, 4.69) is 15.4 Å². The summed E-state index contributed by atoms with van der Waals surface area (Å²) in [6.07, 6.45) is 1.52. The van der Waals surface area contributed by atoms with Crippen LogP contribution in [0.4, 0.5) is 8.78 Å². The van der Waals surface area contributed by atoms with Crippen molar-refractivity contribution < 1.29 is 8.78 Å². The van der Waals surface area contributed by atoms with Crippen LogP contribution in [0, 0.1) is 16.7 Å². The second kappa shape index (κ2) is 5.67. The fourth-order valence-corrected chi connectivity index (χ4v) is 3.13. The topological polar surface area (TPSA) is 86.0 Å². The van der Waals surface area contributed by atoms with E-state index in [1.165, 1.54) is 16.8 Å². The third-order valence-electron chi connectivity index (χ3n) is 4.78. The van der Waals surface area contributed by atoms with Crippen molar-refractivity contribution in [3.05, 3.63) is 33.9 Å². The minimum Gasteiger partial charge on any atom is -0.308 e. The molecule has 1 aliphatic rings. The molecule has 1 fully saturated rings. The number of rotatable bonds is 3. The first-order valence-corrected chi connectivity index (χ1v) is 7.83. The van der Waals surface area contributed by atoms with Crippen LogP contribution in [0.1, 0.15) is 44.4 Å². The summed E-state index contributed by atoms with van der Waals surface area (Å²) in [5, 5.41) is 14.8. The molecule has 1 atom stereocenters. The molecule has 0 spiro atoms. The van der Waals surface area contributed by atoms with Crippen LogP contribution >= 0.6 is 0 Å². The highest BCUT2D eigenvalue weighted by molar-refractivity contribution is 5.53. The van der Waals surface area contributed by atoms with Crippen molar-refractivity contribution in [3.63, 3.8) is 0 Å². The van der Waals surface area contributed by atoms with E-state index in [9.17, 15) is 13.6 Å². The van der Waals surface area contributed by atoms with Crippen molar-refractivity contribution >= 4 is 5.65 Å². The Labute approximate surface area is 137 Å². The molecule has 2 heterocycles. The fraction of sp³-hybridized carbons (Fsp3) is 0.562. The van der Waals surface area contributed by atoms with Crippen LogP contribution in [0.25, 0.3) is 5.65 Å². The van der Waals surface area contributed by atoms with Crippen LogP contribution in [-0.2, 0) is 6.54 Å². The van der Waals surface area contributed by atoms with E-state index in [1.807, 2.05) is 19.9 Å². The van der Waals surface area contributed by atoms with Crippen LogP contribution in [-0.4, -0.2) is 26.6 Å². The highest BCUT2D eigenvalue weighted by Crippen LogP contribution is 2.43. The first-order chi connectivity index (χ1) is 11.2. The smallest absolute Gasteiger partial charge is 0.272 e. The molecule has 1 saturated carbocycles. The maximum Gasteiger partial charge on any atom is 0.272 e. The Morgan fingerprint density at radius 3 is 2.96 bits per heavy atom. The number of hydrogen-bond acceptors (Lipinski definition) is 4. The van der Waals surface area contributed by atoms with Gasteiger partial charge in [0.2, 0.25) is 5.92 Å². The molecule has 3 rings (SSSR count). The number of hydrogen-bond donors (Lipinski definition) is 2. The van der Waals surface area contributed by atoms with Gasteiger partial charge in [-0.3, -0.25) is 9.89 Å². The highest BCUT2D eigenvalue weighted by Gasteiger charge is 2.45. The molecule has 2 aromatic heterocycles. The SMILES string of the molecule is CC1(C)CCC(F)(F)CC1NCc1cc(=O)n2[nH]cc(C#N)c2n1. The second-order valence-corrected chi connectivity index (χ2v) is 7.03. The Morgan fingerprint density at radius 2 is 2.25 bits per heavy atom. The van der Waals surface area contributed by atoms with Gasteiger partial charge in [0, 0.05) is 37.7 Å². The van der Waals surface area contributed by atoms with Gasteiger partial charge in [-0.2, -0.15) is 5.26 Å². The van der Waals surface area contributed by atoms with Gasteiger partial charge in [-0.05, 0) is 11.8 Å². The molecule has 2 N–H and O–H groups in total. The molecule has 0 radical (unpaired) electrons. The van der Waals surface area contributed by atoms with Crippen LogP contribution < -0.4 is 10.9 Å². The summed E-state index contributed by atoms with van der Waals surface area (Å²) in [4.78, 5) is 16.3. The summed E-state index contributed by atoms with van der Waals surface area (Å²) < 4.78 is 28.6. The Balaban J connectivity index is 1.82. The zero-order valence-corrected chi connectivity index (χ0v) is 13.6. The van der Waals surface area contributed by atoms with Crippen molar-refractivity contribution in [2.24, 2.45) is 5.41 Å². The van der Waals surface area contributed by atoms with Crippen molar-refractivity contribution in [3.8, 4) is 6.07 Å². The Bertz CT molecular complexity index is 861. The molecule has 0 aliphatic heterocycles. The predicted octanol–water partition coefficient (Wildman–Crippen LogP) is 2.20. The van der Waals surface area contributed by atoms with E-state index in [1.54, 1.807) is 0 Å². The van der Waals surface area contributed by atoms with E-state index in [-0.39, 0.29) is 47.6 Å². The molecule has 8 heteroatoms. The molecule has 1 aliphatic carbocycles. The average Bonchev–Trinajstić information content (AvgIpc) is 2.92. The van der Waals surface area contributed by atoms with Gasteiger partial charge in [-0.15, -0.1) is 0 Å². The normalized spacial score (nSPS) is 22.4. The van der Waals surface area contributed by atoms with Gasteiger partial charge in [-0.1, -0.05) is 13.8 Å². The third kappa shape index (κ3) is 3.04. The largest absolute Gasteiger partial charge is 0.308 e. The Kier molecular flexibility index (Phi) is 3.92. The zero-order chi connectivity index (χ0) is 17.5. The quantitative estimate of drug-likeness (QED) is 0.900. The Morgan fingerprint density at radius 1 is 1.50 bits per heavy atom. The zero-order valence-electron chi connectivity index (χ0n) is 13.6. The predicted molar refractivity (Wildman–Crippen MR) is 83.7 cm³/mol. The number of aromatic nitrogens is 3. The summed E-state index contributed by atoms with van der Waals surface area (Å²) in [7, 11) is 0. The van der Waals surface area contributed by atoms with Crippen molar-refractivity contribution in [1.29, 1.82) is 5.26 Å². The number of alkyl halides is 2. The van der Waals surface area contributed by atoms with Gasteiger partial charge in [0.25, 0.3) is 5.56 Å². The van der Waals surface area contributed by atoms with Gasteiger partial charge in [0.15, 0.2) is 5.65 Å². The lowest BCUT2D eigenvalue weighted by molar-refractivity contribution is -0.0763. The molecule has 0 amide bonds. The van der Waals surface area contributed by atoms with Gasteiger partial charge in [0.05, 0.1) is 5.69 Å². The number of nitrogens with zero attached hydrogens (tertiary/aromatic N) is 3. The molecule has 1 unspecified atom stereocenters. The van der Waals surface area contributed by atoms with Crippen molar-refractivity contribution in [1.82, 2.24) is 19.9 Å². The van der Waals surface area contributed by atoms with E-state index in [4.69, 9.17) is 5.26 Å². The van der Waals surface area contributed by atoms with E-state index >= 15 is 0 Å². The van der Waals surface area contributed by atoms with E-state index < -0.39 is 5.92 Å². The first-order valence-electron chi connectivity index (χ1n) is 7.83. The van der Waals surface area contributed by atoms with Gasteiger partial charge < -0.3 is 5.32 Å². The molecule has 6 nitrogen and oxygen atoms in total. The average molecular weight is 335 g/mol. The number of nitrogens with one attached hydrogen (secondary N) is 2. The lowest BCUT2D eigenvalue weighted by Gasteiger charge is -2.42. The molecule has 24 heavy (non-hydrogen) atoms. The summed E-state index contributed by atoms with van der Waals surface area (Å²) >= 11 is 0.